The standard InChI is InChI=1S/C22H19NO7S/c1-13(21(27)29-2)23-19(24)18(31-22(23)28)11-16-5-3-4-6-17(16)30-12-14-7-9-15(10-8-14)20(25)26/h3-11,13H,12H2,1-2H3,(H,25,26)/p-1/b18-11-/t13-/m1/s1. The van der Waals surface area contributed by atoms with Crippen molar-refractivity contribution in [2.24, 2.45) is 0 Å². The van der Waals surface area contributed by atoms with Crippen LogP contribution in [0.5, 0.6) is 5.75 Å². The fraction of sp³-hybridized carbons (Fsp3) is 0.182. The zero-order valence-electron chi connectivity index (χ0n) is 16.7. The highest BCUT2D eigenvalue weighted by atomic mass is 32.2. The molecule has 2 aromatic rings. The molecule has 0 unspecified atom stereocenters. The molecular formula is C22H18NO7S-. The van der Waals surface area contributed by atoms with E-state index in [0.717, 1.165) is 22.2 Å². The van der Waals surface area contributed by atoms with Crippen molar-refractivity contribution in [1.29, 1.82) is 0 Å². The molecule has 1 saturated heterocycles. The maximum Gasteiger partial charge on any atom is 0.328 e. The molecule has 1 heterocycles. The molecule has 3 rings (SSSR count). The first-order chi connectivity index (χ1) is 14.8. The second kappa shape index (κ2) is 9.48. The molecule has 160 valence electrons. The zero-order valence-corrected chi connectivity index (χ0v) is 17.5. The first-order valence-electron chi connectivity index (χ1n) is 9.19. The summed E-state index contributed by atoms with van der Waals surface area (Å²) >= 11 is 0.734. The molecule has 31 heavy (non-hydrogen) atoms. The summed E-state index contributed by atoms with van der Waals surface area (Å²) in [6, 6.07) is 12.0. The lowest BCUT2D eigenvalue weighted by atomic mass is 10.1. The Morgan fingerprint density at radius 2 is 1.81 bits per heavy atom. The third-order valence-electron chi connectivity index (χ3n) is 4.54. The molecule has 1 aliphatic heterocycles. The summed E-state index contributed by atoms with van der Waals surface area (Å²) in [5.74, 6) is -2.05. The van der Waals surface area contributed by atoms with Crippen LogP contribution in [0.2, 0.25) is 0 Å². The average molecular weight is 440 g/mol. The lowest BCUT2D eigenvalue weighted by Gasteiger charge is -2.18. The van der Waals surface area contributed by atoms with Gasteiger partial charge in [0.05, 0.1) is 18.0 Å². The number of carbonyl (C=O) groups excluding carboxylic acids is 4. The second-order valence-electron chi connectivity index (χ2n) is 6.56. The quantitative estimate of drug-likeness (QED) is 0.476. The Morgan fingerprint density at radius 1 is 1.13 bits per heavy atom. The van der Waals surface area contributed by atoms with Gasteiger partial charge in [-0.25, -0.2) is 4.79 Å². The molecule has 0 saturated carbocycles. The zero-order chi connectivity index (χ0) is 22.5. The molecule has 0 aliphatic carbocycles. The monoisotopic (exact) mass is 440 g/mol. The first kappa shape index (κ1) is 22.1. The molecule has 2 aromatic carbocycles. The Balaban J connectivity index is 1.78. The maximum atomic E-state index is 12.7. The van der Waals surface area contributed by atoms with Gasteiger partial charge < -0.3 is 19.4 Å². The van der Waals surface area contributed by atoms with Crippen molar-refractivity contribution in [3.8, 4) is 5.75 Å². The SMILES string of the molecule is COC(=O)[C@@H](C)N1C(=O)S/C(=C\c2ccccc2OCc2ccc(C(=O)[O-])cc2)C1=O. The molecule has 1 fully saturated rings. The van der Waals surface area contributed by atoms with Crippen LogP contribution >= 0.6 is 11.8 Å². The fourth-order valence-corrected chi connectivity index (χ4v) is 3.76. The van der Waals surface area contributed by atoms with Crippen LogP contribution in [0.4, 0.5) is 4.79 Å². The number of carboxylic acids is 1. The van der Waals surface area contributed by atoms with Crippen LogP contribution in [-0.4, -0.2) is 41.1 Å². The van der Waals surface area contributed by atoms with Crippen molar-refractivity contribution in [2.75, 3.05) is 7.11 Å². The number of amides is 2. The third kappa shape index (κ3) is 4.95. The molecular weight excluding hydrogens is 422 g/mol. The van der Waals surface area contributed by atoms with E-state index in [4.69, 9.17) is 4.74 Å². The van der Waals surface area contributed by atoms with Crippen molar-refractivity contribution < 1.29 is 33.8 Å². The number of hydrogen-bond acceptors (Lipinski definition) is 8. The number of para-hydroxylation sites is 1. The fourth-order valence-electron chi connectivity index (χ4n) is 2.86. The average Bonchev–Trinajstić information content (AvgIpc) is 3.05. The minimum absolute atomic E-state index is 0.0704. The third-order valence-corrected chi connectivity index (χ3v) is 5.43. The number of imide groups is 1. The number of esters is 1. The highest BCUT2D eigenvalue weighted by molar-refractivity contribution is 8.18. The highest BCUT2D eigenvalue weighted by Crippen LogP contribution is 2.35. The molecule has 0 radical (unpaired) electrons. The van der Waals surface area contributed by atoms with Gasteiger partial charge in [0.1, 0.15) is 18.4 Å². The Hall–Kier alpha value is -3.59. The first-order valence-corrected chi connectivity index (χ1v) is 10.0. The number of carbonyl (C=O) groups is 4. The second-order valence-corrected chi connectivity index (χ2v) is 7.55. The smallest absolute Gasteiger partial charge is 0.328 e. The lowest BCUT2D eigenvalue weighted by molar-refractivity contribution is -0.255. The van der Waals surface area contributed by atoms with Gasteiger partial charge >= 0.3 is 5.97 Å². The normalized spacial score (nSPS) is 15.8. The van der Waals surface area contributed by atoms with E-state index in [0.29, 0.717) is 11.3 Å². The molecule has 1 aliphatic rings. The number of hydrogen-bond donors (Lipinski definition) is 0. The minimum Gasteiger partial charge on any atom is -0.545 e. The lowest BCUT2D eigenvalue weighted by Crippen LogP contribution is -2.42. The van der Waals surface area contributed by atoms with E-state index >= 15 is 0 Å². The molecule has 0 bridgehead atoms. The topological polar surface area (TPSA) is 113 Å². The van der Waals surface area contributed by atoms with Gasteiger partial charge in [0.15, 0.2) is 0 Å². The largest absolute Gasteiger partial charge is 0.545 e. The van der Waals surface area contributed by atoms with E-state index in [2.05, 4.69) is 4.74 Å². The number of ether oxygens (including phenoxy) is 2. The predicted molar refractivity (Wildman–Crippen MR) is 111 cm³/mol. The van der Waals surface area contributed by atoms with Crippen molar-refractivity contribution >= 4 is 40.9 Å². The summed E-state index contributed by atoms with van der Waals surface area (Å²) in [4.78, 5) is 48.5. The molecule has 1 atom stereocenters. The van der Waals surface area contributed by atoms with Gasteiger partial charge in [-0.1, -0.05) is 42.5 Å². The summed E-state index contributed by atoms with van der Waals surface area (Å²) < 4.78 is 10.4. The van der Waals surface area contributed by atoms with Gasteiger partial charge in [0.25, 0.3) is 11.1 Å². The van der Waals surface area contributed by atoms with Crippen LogP contribution in [-0.2, 0) is 20.9 Å². The maximum absolute atomic E-state index is 12.7. The summed E-state index contributed by atoms with van der Waals surface area (Å²) in [7, 11) is 1.19. The number of nitrogens with zero attached hydrogens (tertiary/aromatic N) is 1. The van der Waals surface area contributed by atoms with Crippen molar-refractivity contribution in [3.63, 3.8) is 0 Å². The van der Waals surface area contributed by atoms with Crippen LogP contribution in [0.3, 0.4) is 0 Å². The number of carboxylic acid groups (broad SMARTS) is 1. The van der Waals surface area contributed by atoms with E-state index in [1.54, 1.807) is 36.4 Å². The molecule has 9 heteroatoms. The van der Waals surface area contributed by atoms with Crippen molar-refractivity contribution in [3.05, 3.63) is 70.1 Å². The van der Waals surface area contributed by atoms with E-state index in [9.17, 15) is 24.3 Å². The highest BCUT2D eigenvalue weighted by Gasteiger charge is 2.41. The van der Waals surface area contributed by atoms with Gasteiger partial charge in [-0.2, -0.15) is 0 Å². The van der Waals surface area contributed by atoms with Crippen LogP contribution < -0.4 is 9.84 Å². The summed E-state index contributed by atoms with van der Waals surface area (Å²) in [6.07, 6.45) is 1.53. The van der Waals surface area contributed by atoms with Crippen molar-refractivity contribution in [1.82, 2.24) is 4.90 Å². The minimum atomic E-state index is -1.26. The predicted octanol–water partition coefficient (Wildman–Crippen LogP) is 2.23. The number of rotatable bonds is 7. The van der Waals surface area contributed by atoms with Crippen LogP contribution in [0.25, 0.3) is 6.08 Å². The van der Waals surface area contributed by atoms with Gasteiger partial charge in [-0.05, 0) is 42.0 Å². The van der Waals surface area contributed by atoms with Gasteiger partial charge in [-0.15, -0.1) is 0 Å². The van der Waals surface area contributed by atoms with Gasteiger partial charge in [0.2, 0.25) is 0 Å². The van der Waals surface area contributed by atoms with E-state index in [1.807, 2.05) is 0 Å². The van der Waals surface area contributed by atoms with Crippen LogP contribution in [0.15, 0.2) is 53.4 Å². The van der Waals surface area contributed by atoms with Crippen LogP contribution in [0, 0.1) is 0 Å². The molecule has 2 amide bonds. The van der Waals surface area contributed by atoms with E-state index in [-0.39, 0.29) is 17.1 Å². The molecule has 8 nitrogen and oxygen atoms in total. The number of benzene rings is 2. The van der Waals surface area contributed by atoms with E-state index < -0.39 is 29.1 Å². The summed E-state index contributed by atoms with van der Waals surface area (Å²) in [6.45, 7) is 1.59. The Kier molecular flexibility index (Phi) is 6.76. The Labute approximate surface area is 182 Å². The Bertz CT molecular complexity index is 1060. The summed E-state index contributed by atoms with van der Waals surface area (Å²) in [5.41, 5.74) is 1.39. The Morgan fingerprint density at radius 3 is 2.45 bits per heavy atom. The van der Waals surface area contributed by atoms with Crippen molar-refractivity contribution in [2.45, 2.75) is 19.6 Å². The van der Waals surface area contributed by atoms with Gasteiger partial charge in [0, 0.05) is 5.56 Å². The van der Waals surface area contributed by atoms with Crippen LogP contribution in [0.1, 0.15) is 28.4 Å². The number of aromatic carboxylic acids is 1. The number of methoxy groups -OCH3 is 1. The molecule has 0 spiro atoms. The summed E-state index contributed by atoms with van der Waals surface area (Å²) in [5, 5.41) is 10.3. The number of thioether (sulfide) groups is 1. The molecule has 0 N–H and O–H groups in total. The van der Waals surface area contributed by atoms with E-state index in [1.165, 1.54) is 32.2 Å². The van der Waals surface area contributed by atoms with Gasteiger partial charge in [-0.3, -0.25) is 14.5 Å². The molecule has 0 aromatic heterocycles.